The molecule has 142 valence electrons. The third-order valence-electron chi connectivity index (χ3n) is 4.08. The number of amides is 1. The predicted molar refractivity (Wildman–Crippen MR) is 102 cm³/mol. The minimum Gasteiger partial charge on any atom is -0.497 e. The first kappa shape index (κ1) is 20.2. The first-order valence-electron chi connectivity index (χ1n) is 8.59. The summed E-state index contributed by atoms with van der Waals surface area (Å²) >= 11 is 0. The van der Waals surface area contributed by atoms with Gasteiger partial charge in [-0.15, -0.1) is 0 Å². The molecule has 0 aliphatic carbocycles. The lowest BCUT2D eigenvalue weighted by Gasteiger charge is -2.11. The summed E-state index contributed by atoms with van der Waals surface area (Å²) in [4.78, 5) is 35.8. The average molecular weight is 369 g/mol. The number of para-hydroxylation sites is 1. The number of carbonyl (C=O) groups excluding carboxylic acids is 3. The number of carbonyl (C=O) groups is 3. The zero-order chi connectivity index (χ0) is 19.8. The highest BCUT2D eigenvalue weighted by molar-refractivity contribution is 5.98. The summed E-state index contributed by atoms with van der Waals surface area (Å²) in [6.45, 7) is 3.45. The van der Waals surface area contributed by atoms with Gasteiger partial charge >= 0.3 is 5.97 Å². The van der Waals surface area contributed by atoms with Gasteiger partial charge in [-0.1, -0.05) is 18.2 Å². The molecule has 1 N–H and O–H groups in total. The lowest BCUT2D eigenvalue weighted by molar-refractivity contribution is -0.143. The molecular weight excluding hydrogens is 346 g/mol. The fourth-order valence-electron chi connectivity index (χ4n) is 2.51. The van der Waals surface area contributed by atoms with Crippen molar-refractivity contribution in [3.8, 4) is 5.75 Å². The second kappa shape index (κ2) is 9.52. The topological polar surface area (TPSA) is 81.7 Å². The van der Waals surface area contributed by atoms with Crippen LogP contribution in [0.4, 0.5) is 5.69 Å². The maximum absolute atomic E-state index is 12.0. The van der Waals surface area contributed by atoms with E-state index < -0.39 is 5.97 Å². The van der Waals surface area contributed by atoms with E-state index in [0.717, 1.165) is 16.8 Å². The number of ether oxygens (including phenoxy) is 2. The Bertz CT molecular complexity index is 807. The van der Waals surface area contributed by atoms with Crippen molar-refractivity contribution in [2.24, 2.45) is 0 Å². The van der Waals surface area contributed by atoms with E-state index in [-0.39, 0.29) is 31.1 Å². The summed E-state index contributed by atoms with van der Waals surface area (Å²) in [6.07, 6.45) is -0.101. The molecule has 0 saturated carbocycles. The van der Waals surface area contributed by atoms with Gasteiger partial charge < -0.3 is 14.8 Å². The van der Waals surface area contributed by atoms with Gasteiger partial charge in [0, 0.05) is 17.7 Å². The lowest BCUT2D eigenvalue weighted by atomic mass is 10.1. The Morgan fingerprint density at radius 2 is 1.56 bits per heavy atom. The second-order valence-corrected chi connectivity index (χ2v) is 6.13. The van der Waals surface area contributed by atoms with Crippen LogP contribution < -0.4 is 10.1 Å². The summed E-state index contributed by atoms with van der Waals surface area (Å²) in [7, 11) is 1.54. The fraction of sp³-hybridized carbons (Fsp3) is 0.286. The predicted octanol–water partition coefficient (Wildman–Crippen LogP) is 3.46. The Labute approximate surface area is 158 Å². The lowest BCUT2D eigenvalue weighted by Crippen LogP contribution is -2.18. The zero-order valence-corrected chi connectivity index (χ0v) is 15.7. The quantitative estimate of drug-likeness (QED) is 0.569. The molecule has 6 nitrogen and oxygen atoms in total. The minimum absolute atomic E-state index is 0.0106. The summed E-state index contributed by atoms with van der Waals surface area (Å²) in [6, 6.07) is 12.3. The fourth-order valence-corrected chi connectivity index (χ4v) is 2.51. The highest BCUT2D eigenvalue weighted by atomic mass is 16.5. The number of methoxy groups -OCH3 is 1. The standard InChI is InChI=1S/C21H23NO5/c1-14-5-4-6-15(2)21(14)22-19(24)11-12-20(25)27-13-18(23)16-7-9-17(26-3)10-8-16/h4-10H,11-13H2,1-3H3,(H,22,24). The van der Waals surface area contributed by atoms with Crippen LogP contribution in [-0.2, 0) is 14.3 Å². The van der Waals surface area contributed by atoms with Gasteiger partial charge in [-0.3, -0.25) is 14.4 Å². The first-order chi connectivity index (χ1) is 12.9. The molecule has 0 fully saturated rings. The van der Waals surface area contributed by atoms with E-state index in [1.807, 2.05) is 32.0 Å². The number of ketones is 1. The number of anilines is 1. The van der Waals surface area contributed by atoms with Crippen LogP contribution in [0.25, 0.3) is 0 Å². The molecule has 0 unspecified atom stereocenters. The van der Waals surface area contributed by atoms with Crippen LogP contribution >= 0.6 is 0 Å². The molecule has 0 aliphatic rings. The number of aryl methyl sites for hydroxylation is 2. The number of rotatable bonds is 8. The van der Waals surface area contributed by atoms with E-state index in [1.54, 1.807) is 24.3 Å². The Kier molecular flexibility index (Phi) is 7.11. The van der Waals surface area contributed by atoms with Gasteiger partial charge in [-0.2, -0.15) is 0 Å². The average Bonchev–Trinajstić information content (AvgIpc) is 2.67. The molecule has 0 aromatic heterocycles. The van der Waals surface area contributed by atoms with Crippen LogP contribution in [0.5, 0.6) is 5.75 Å². The molecule has 2 aromatic carbocycles. The molecule has 0 spiro atoms. The van der Waals surface area contributed by atoms with Crippen molar-refractivity contribution in [2.75, 3.05) is 19.0 Å². The number of Topliss-reactive ketones (excluding diaryl/α,β-unsaturated/α-hetero) is 1. The van der Waals surface area contributed by atoms with Crippen molar-refractivity contribution in [1.29, 1.82) is 0 Å². The van der Waals surface area contributed by atoms with Crippen LogP contribution in [0, 0.1) is 13.8 Å². The Morgan fingerprint density at radius 1 is 0.926 bits per heavy atom. The molecule has 0 radical (unpaired) electrons. The number of hydrogen-bond donors (Lipinski definition) is 1. The molecule has 2 rings (SSSR count). The van der Waals surface area contributed by atoms with Crippen molar-refractivity contribution >= 4 is 23.3 Å². The molecule has 0 bridgehead atoms. The minimum atomic E-state index is -0.589. The van der Waals surface area contributed by atoms with E-state index >= 15 is 0 Å². The first-order valence-corrected chi connectivity index (χ1v) is 8.59. The van der Waals surface area contributed by atoms with Crippen molar-refractivity contribution in [2.45, 2.75) is 26.7 Å². The van der Waals surface area contributed by atoms with Gasteiger partial charge in [-0.25, -0.2) is 0 Å². The Balaban J connectivity index is 1.76. The highest BCUT2D eigenvalue weighted by Gasteiger charge is 2.13. The number of benzene rings is 2. The highest BCUT2D eigenvalue weighted by Crippen LogP contribution is 2.19. The van der Waals surface area contributed by atoms with Gasteiger partial charge in [0.25, 0.3) is 0 Å². The second-order valence-electron chi connectivity index (χ2n) is 6.13. The van der Waals surface area contributed by atoms with Crippen LogP contribution in [0.2, 0.25) is 0 Å². The van der Waals surface area contributed by atoms with Gasteiger partial charge in [0.1, 0.15) is 5.75 Å². The van der Waals surface area contributed by atoms with Gasteiger partial charge in [0.05, 0.1) is 13.5 Å². The largest absolute Gasteiger partial charge is 0.497 e. The van der Waals surface area contributed by atoms with Crippen LogP contribution in [0.15, 0.2) is 42.5 Å². The van der Waals surface area contributed by atoms with Crippen LogP contribution in [-0.4, -0.2) is 31.4 Å². The maximum Gasteiger partial charge on any atom is 0.306 e. The Morgan fingerprint density at radius 3 is 2.15 bits per heavy atom. The summed E-state index contributed by atoms with van der Waals surface area (Å²) in [5.74, 6) is -0.538. The van der Waals surface area contributed by atoms with Crippen LogP contribution in [0.3, 0.4) is 0 Å². The molecule has 6 heteroatoms. The molecular formula is C21H23NO5. The summed E-state index contributed by atoms with van der Waals surface area (Å²) in [5, 5.41) is 2.81. The van der Waals surface area contributed by atoms with Crippen molar-refractivity contribution < 1.29 is 23.9 Å². The van der Waals surface area contributed by atoms with E-state index in [2.05, 4.69) is 5.32 Å². The third kappa shape index (κ3) is 5.95. The molecule has 27 heavy (non-hydrogen) atoms. The molecule has 2 aromatic rings. The van der Waals surface area contributed by atoms with Crippen molar-refractivity contribution in [3.05, 3.63) is 59.2 Å². The van der Waals surface area contributed by atoms with E-state index in [9.17, 15) is 14.4 Å². The van der Waals surface area contributed by atoms with Crippen molar-refractivity contribution in [1.82, 2.24) is 0 Å². The van der Waals surface area contributed by atoms with Crippen molar-refractivity contribution in [3.63, 3.8) is 0 Å². The molecule has 0 atom stereocenters. The van der Waals surface area contributed by atoms with Crippen LogP contribution in [0.1, 0.15) is 34.3 Å². The SMILES string of the molecule is COc1ccc(C(=O)COC(=O)CCC(=O)Nc2c(C)cccc2C)cc1. The number of hydrogen-bond acceptors (Lipinski definition) is 5. The van der Waals surface area contributed by atoms with Gasteiger partial charge in [0.2, 0.25) is 5.91 Å². The van der Waals surface area contributed by atoms with Gasteiger partial charge in [-0.05, 0) is 49.2 Å². The van der Waals surface area contributed by atoms with E-state index in [0.29, 0.717) is 11.3 Å². The summed E-state index contributed by atoms with van der Waals surface area (Å²) < 4.78 is 9.99. The maximum atomic E-state index is 12.0. The smallest absolute Gasteiger partial charge is 0.306 e. The molecule has 1 amide bonds. The monoisotopic (exact) mass is 369 g/mol. The number of nitrogens with one attached hydrogen (secondary N) is 1. The van der Waals surface area contributed by atoms with E-state index in [1.165, 1.54) is 7.11 Å². The Hall–Kier alpha value is -3.15. The molecule has 0 heterocycles. The number of esters is 1. The zero-order valence-electron chi connectivity index (χ0n) is 15.7. The third-order valence-corrected chi connectivity index (χ3v) is 4.08. The van der Waals surface area contributed by atoms with E-state index in [4.69, 9.17) is 9.47 Å². The normalized spacial score (nSPS) is 10.2. The van der Waals surface area contributed by atoms with Gasteiger partial charge in [0.15, 0.2) is 12.4 Å². The molecule has 0 aliphatic heterocycles. The summed E-state index contributed by atoms with van der Waals surface area (Å²) in [5.41, 5.74) is 3.09. The molecule has 0 saturated heterocycles.